The van der Waals surface area contributed by atoms with E-state index < -0.39 is 0 Å². The van der Waals surface area contributed by atoms with Crippen LogP contribution in [0, 0.1) is 13.8 Å². The number of unbranched alkanes of at least 4 members (excludes halogenated alkanes) is 1. The molecule has 0 amide bonds. The number of nitrogens with one attached hydrogen (secondary N) is 1. The van der Waals surface area contributed by atoms with Gasteiger partial charge >= 0.3 is 0 Å². The highest BCUT2D eigenvalue weighted by Gasteiger charge is 2.06. The molecule has 2 rings (SSSR count). The lowest BCUT2D eigenvalue weighted by Crippen LogP contribution is -2.08. The quantitative estimate of drug-likeness (QED) is 0.652. The summed E-state index contributed by atoms with van der Waals surface area (Å²) < 4.78 is 2.08. The predicted molar refractivity (Wildman–Crippen MR) is 76.5 cm³/mol. The van der Waals surface area contributed by atoms with Gasteiger partial charge in [0.25, 0.3) is 0 Å². The second-order valence-electron chi connectivity index (χ2n) is 4.47. The molecule has 5 nitrogen and oxygen atoms in total. The van der Waals surface area contributed by atoms with Gasteiger partial charge in [-0.3, -0.25) is 0 Å². The van der Waals surface area contributed by atoms with Crippen molar-refractivity contribution in [1.29, 1.82) is 0 Å². The highest BCUT2D eigenvalue weighted by molar-refractivity contribution is 6.30. The van der Waals surface area contributed by atoms with Gasteiger partial charge in [0, 0.05) is 31.0 Å². The molecule has 0 aromatic carbocycles. The van der Waals surface area contributed by atoms with Crippen molar-refractivity contribution in [3.63, 3.8) is 0 Å². The maximum Gasteiger partial charge on any atom is 0.137 e. The number of aryl methyl sites for hydroxylation is 2. The van der Waals surface area contributed by atoms with Crippen molar-refractivity contribution >= 4 is 17.4 Å². The number of hydrogen-bond donors (Lipinski definition) is 1. The van der Waals surface area contributed by atoms with E-state index in [-0.39, 0.29) is 0 Å². The van der Waals surface area contributed by atoms with Crippen LogP contribution in [0.15, 0.2) is 18.7 Å². The van der Waals surface area contributed by atoms with Crippen molar-refractivity contribution in [3.8, 4) is 0 Å². The predicted octanol–water partition coefficient (Wildman–Crippen LogP) is 2.84. The van der Waals surface area contributed by atoms with Crippen LogP contribution >= 0.6 is 11.6 Å². The maximum absolute atomic E-state index is 6.03. The van der Waals surface area contributed by atoms with Gasteiger partial charge in [0.1, 0.15) is 16.8 Å². The zero-order valence-corrected chi connectivity index (χ0v) is 12.0. The summed E-state index contributed by atoms with van der Waals surface area (Å²) in [6, 6.07) is 0. The van der Waals surface area contributed by atoms with Crippen molar-refractivity contribution < 1.29 is 0 Å². The van der Waals surface area contributed by atoms with Crippen LogP contribution in [0.25, 0.3) is 0 Å². The first-order valence-electron chi connectivity index (χ1n) is 6.37. The van der Waals surface area contributed by atoms with Crippen LogP contribution in [0.1, 0.15) is 24.2 Å². The first-order valence-corrected chi connectivity index (χ1v) is 6.75. The second kappa shape index (κ2) is 6.52. The smallest absolute Gasteiger partial charge is 0.137 e. The standard InChI is InChI=1S/C13H18ClN5/c1-10-12(14)17-11(2)18-13(10)16-5-3-4-7-19-8-6-15-9-19/h6,8-9H,3-5,7H2,1-2H3,(H,16,17,18). The van der Waals surface area contributed by atoms with Gasteiger partial charge in [0.05, 0.1) is 6.33 Å². The highest BCUT2D eigenvalue weighted by atomic mass is 35.5. The molecule has 0 saturated heterocycles. The molecule has 0 spiro atoms. The van der Waals surface area contributed by atoms with Crippen molar-refractivity contribution in [2.75, 3.05) is 11.9 Å². The number of aromatic nitrogens is 4. The molecule has 102 valence electrons. The van der Waals surface area contributed by atoms with E-state index in [4.69, 9.17) is 11.6 Å². The Morgan fingerprint density at radius 3 is 2.84 bits per heavy atom. The van der Waals surface area contributed by atoms with Gasteiger partial charge < -0.3 is 9.88 Å². The Hall–Kier alpha value is -1.62. The largest absolute Gasteiger partial charge is 0.370 e. The third-order valence-electron chi connectivity index (χ3n) is 2.89. The number of nitrogens with zero attached hydrogens (tertiary/aromatic N) is 4. The van der Waals surface area contributed by atoms with Crippen LogP contribution < -0.4 is 5.32 Å². The van der Waals surface area contributed by atoms with Crippen molar-refractivity contribution in [3.05, 3.63) is 35.3 Å². The molecular weight excluding hydrogens is 262 g/mol. The lowest BCUT2D eigenvalue weighted by Gasteiger charge is -2.10. The van der Waals surface area contributed by atoms with Gasteiger partial charge in [0.15, 0.2) is 0 Å². The van der Waals surface area contributed by atoms with Gasteiger partial charge in [-0.25, -0.2) is 15.0 Å². The number of anilines is 1. The number of rotatable bonds is 6. The third-order valence-corrected chi connectivity index (χ3v) is 3.26. The number of halogens is 1. The lowest BCUT2D eigenvalue weighted by atomic mass is 10.3. The van der Waals surface area contributed by atoms with E-state index in [0.29, 0.717) is 11.0 Å². The van der Waals surface area contributed by atoms with Gasteiger partial charge in [0.2, 0.25) is 0 Å². The Morgan fingerprint density at radius 2 is 2.11 bits per heavy atom. The van der Waals surface area contributed by atoms with E-state index in [2.05, 4.69) is 24.8 Å². The van der Waals surface area contributed by atoms with Crippen LogP contribution in [0.2, 0.25) is 5.15 Å². The van der Waals surface area contributed by atoms with Gasteiger partial charge in [-0.05, 0) is 26.7 Å². The van der Waals surface area contributed by atoms with E-state index in [1.54, 1.807) is 6.20 Å². The van der Waals surface area contributed by atoms with Gasteiger partial charge in [-0.2, -0.15) is 0 Å². The minimum absolute atomic E-state index is 0.522. The van der Waals surface area contributed by atoms with Crippen LogP contribution in [0.4, 0.5) is 5.82 Å². The molecule has 2 aromatic rings. The first-order chi connectivity index (χ1) is 9.16. The fourth-order valence-corrected chi connectivity index (χ4v) is 2.02. The fourth-order valence-electron chi connectivity index (χ4n) is 1.81. The monoisotopic (exact) mass is 279 g/mol. The summed E-state index contributed by atoms with van der Waals surface area (Å²) >= 11 is 6.03. The average Bonchev–Trinajstić information content (AvgIpc) is 2.87. The molecular formula is C13H18ClN5. The van der Waals surface area contributed by atoms with Crippen molar-refractivity contribution in [2.24, 2.45) is 0 Å². The molecule has 0 aliphatic heterocycles. The molecule has 0 aliphatic carbocycles. The average molecular weight is 280 g/mol. The summed E-state index contributed by atoms with van der Waals surface area (Å²) in [6.45, 7) is 5.64. The summed E-state index contributed by atoms with van der Waals surface area (Å²) in [6.07, 6.45) is 7.78. The maximum atomic E-state index is 6.03. The summed E-state index contributed by atoms with van der Waals surface area (Å²) in [4.78, 5) is 12.5. The molecule has 0 atom stereocenters. The van der Waals surface area contributed by atoms with E-state index in [9.17, 15) is 0 Å². The molecule has 0 aliphatic rings. The minimum atomic E-state index is 0.522. The van der Waals surface area contributed by atoms with Crippen molar-refractivity contribution in [1.82, 2.24) is 19.5 Å². The highest BCUT2D eigenvalue weighted by Crippen LogP contribution is 2.19. The molecule has 6 heteroatoms. The van der Waals surface area contributed by atoms with Crippen LogP contribution in [0.3, 0.4) is 0 Å². The summed E-state index contributed by atoms with van der Waals surface area (Å²) in [5.41, 5.74) is 0.905. The molecule has 2 aromatic heterocycles. The molecule has 0 bridgehead atoms. The van der Waals surface area contributed by atoms with Gasteiger partial charge in [-0.15, -0.1) is 0 Å². The fraction of sp³-hybridized carbons (Fsp3) is 0.462. The number of hydrogen-bond acceptors (Lipinski definition) is 4. The summed E-state index contributed by atoms with van der Waals surface area (Å²) in [7, 11) is 0. The van der Waals surface area contributed by atoms with Crippen LogP contribution in [-0.2, 0) is 6.54 Å². The molecule has 0 radical (unpaired) electrons. The Balaban J connectivity index is 1.76. The first kappa shape index (κ1) is 13.8. The zero-order valence-electron chi connectivity index (χ0n) is 11.2. The Bertz CT molecular complexity index is 524. The summed E-state index contributed by atoms with van der Waals surface area (Å²) in [5, 5.41) is 3.84. The van der Waals surface area contributed by atoms with Crippen molar-refractivity contribution in [2.45, 2.75) is 33.2 Å². The Kier molecular flexibility index (Phi) is 4.74. The number of imidazole rings is 1. The van der Waals surface area contributed by atoms with Gasteiger partial charge in [-0.1, -0.05) is 11.6 Å². The Labute approximate surface area is 118 Å². The molecule has 0 saturated carbocycles. The second-order valence-corrected chi connectivity index (χ2v) is 4.83. The molecule has 0 unspecified atom stereocenters. The lowest BCUT2D eigenvalue weighted by molar-refractivity contribution is 0.620. The molecule has 19 heavy (non-hydrogen) atoms. The van der Waals surface area contributed by atoms with E-state index in [1.807, 2.05) is 26.4 Å². The molecule has 2 heterocycles. The Morgan fingerprint density at radius 1 is 1.26 bits per heavy atom. The normalized spacial score (nSPS) is 10.7. The topological polar surface area (TPSA) is 55.6 Å². The summed E-state index contributed by atoms with van der Waals surface area (Å²) in [5.74, 6) is 1.52. The van der Waals surface area contributed by atoms with E-state index >= 15 is 0 Å². The minimum Gasteiger partial charge on any atom is -0.370 e. The molecule has 0 fully saturated rings. The SMILES string of the molecule is Cc1nc(Cl)c(C)c(NCCCCn2ccnc2)n1. The third kappa shape index (κ3) is 3.92. The van der Waals surface area contributed by atoms with Crippen LogP contribution in [-0.4, -0.2) is 26.1 Å². The van der Waals surface area contributed by atoms with E-state index in [1.165, 1.54) is 0 Å². The zero-order chi connectivity index (χ0) is 13.7. The van der Waals surface area contributed by atoms with E-state index in [0.717, 1.165) is 37.3 Å². The van der Waals surface area contributed by atoms with Crippen LogP contribution in [0.5, 0.6) is 0 Å². The molecule has 1 N–H and O–H groups in total.